The van der Waals surface area contributed by atoms with Crippen molar-refractivity contribution in [1.29, 1.82) is 0 Å². The lowest BCUT2D eigenvalue weighted by Crippen LogP contribution is -2.52. The number of aliphatic hydroxyl groups is 1. The summed E-state index contributed by atoms with van der Waals surface area (Å²) in [6, 6.07) is 8.22. The van der Waals surface area contributed by atoms with Gasteiger partial charge in [-0.25, -0.2) is 0 Å². The van der Waals surface area contributed by atoms with Crippen molar-refractivity contribution in [2.45, 2.75) is 13.8 Å². The van der Waals surface area contributed by atoms with Gasteiger partial charge in [0.1, 0.15) is 5.75 Å². The molecule has 1 aliphatic heterocycles. The number of nitrogens with zero attached hydrogens (tertiary/aromatic N) is 3. The molecule has 1 aliphatic rings. The predicted octanol–water partition coefficient (Wildman–Crippen LogP) is 1.41. The fourth-order valence-corrected chi connectivity index (χ4v) is 2.70. The normalized spacial score (nSPS) is 16.9. The molecule has 24 heavy (non-hydrogen) atoms. The lowest BCUT2D eigenvalue weighted by molar-refractivity contribution is 0.241. The fraction of sp³-hybridized carbons (Fsp3) is 0.611. The molecule has 1 heterocycles. The van der Waals surface area contributed by atoms with E-state index in [9.17, 15) is 0 Å². The van der Waals surface area contributed by atoms with Crippen LogP contribution in [0.4, 0.5) is 5.69 Å². The van der Waals surface area contributed by atoms with E-state index in [-0.39, 0.29) is 12.5 Å². The molecule has 0 aliphatic carbocycles. The number of anilines is 1. The summed E-state index contributed by atoms with van der Waals surface area (Å²) in [7, 11) is 1.69. The molecule has 0 radical (unpaired) electrons. The first-order valence-electron chi connectivity index (χ1n) is 8.71. The lowest BCUT2D eigenvalue weighted by atomic mass is 10.2. The minimum Gasteiger partial charge on any atom is -0.497 e. The fourth-order valence-electron chi connectivity index (χ4n) is 2.70. The molecule has 2 rings (SSSR count). The number of hydrogen-bond donors (Lipinski definition) is 2. The third-order valence-electron chi connectivity index (χ3n) is 4.22. The predicted molar refractivity (Wildman–Crippen MR) is 99.0 cm³/mol. The van der Waals surface area contributed by atoms with E-state index in [2.05, 4.69) is 39.2 Å². The van der Waals surface area contributed by atoms with Crippen LogP contribution in [0.1, 0.15) is 13.8 Å². The topological polar surface area (TPSA) is 60.3 Å². The number of hydrogen-bond acceptors (Lipinski definition) is 4. The van der Waals surface area contributed by atoms with Crippen LogP contribution in [0.5, 0.6) is 5.75 Å². The zero-order valence-corrected chi connectivity index (χ0v) is 15.0. The van der Waals surface area contributed by atoms with Gasteiger partial charge in [-0.2, -0.15) is 0 Å². The first kappa shape index (κ1) is 18.4. The van der Waals surface area contributed by atoms with E-state index in [1.165, 1.54) is 5.69 Å². The maximum absolute atomic E-state index is 9.17. The number of guanidine groups is 1. The highest BCUT2D eigenvalue weighted by Crippen LogP contribution is 2.20. The van der Waals surface area contributed by atoms with Crippen molar-refractivity contribution in [3.63, 3.8) is 0 Å². The molecular formula is C18H30N4O2. The molecule has 1 aromatic rings. The summed E-state index contributed by atoms with van der Waals surface area (Å²) in [5.41, 5.74) is 1.23. The number of ether oxygens (including phenoxy) is 1. The molecule has 1 atom stereocenters. The van der Waals surface area contributed by atoms with Crippen LogP contribution in [0.25, 0.3) is 0 Å². The van der Waals surface area contributed by atoms with Gasteiger partial charge in [-0.1, -0.05) is 6.92 Å². The molecule has 1 saturated heterocycles. The molecule has 134 valence electrons. The van der Waals surface area contributed by atoms with Crippen molar-refractivity contribution in [1.82, 2.24) is 10.2 Å². The van der Waals surface area contributed by atoms with Crippen LogP contribution in [-0.4, -0.2) is 69.0 Å². The van der Waals surface area contributed by atoms with Gasteiger partial charge in [-0.15, -0.1) is 0 Å². The van der Waals surface area contributed by atoms with E-state index in [4.69, 9.17) is 9.84 Å². The molecule has 0 bridgehead atoms. The van der Waals surface area contributed by atoms with Crippen LogP contribution in [-0.2, 0) is 0 Å². The third kappa shape index (κ3) is 5.03. The Labute approximate surface area is 145 Å². The summed E-state index contributed by atoms with van der Waals surface area (Å²) in [5.74, 6) is 2.03. The van der Waals surface area contributed by atoms with Crippen LogP contribution < -0.4 is 15.0 Å². The quantitative estimate of drug-likeness (QED) is 0.608. The number of benzene rings is 1. The van der Waals surface area contributed by atoms with Gasteiger partial charge in [0, 0.05) is 51.6 Å². The average Bonchev–Trinajstić information content (AvgIpc) is 2.65. The minimum absolute atomic E-state index is 0.175. The first-order valence-corrected chi connectivity index (χ1v) is 8.71. The Morgan fingerprint density at radius 1 is 1.25 bits per heavy atom. The molecule has 0 spiro atoms. The van der Waals surface area contributed by atoms with Gasteiger partial charge in [0.15, 0.2) is 5.96 Å². The van der Waals surface area contributed by atoms with Gasteiger partial charge < -0.3 is 25.0 Å². The van der Waals surface area contributed by atoms with Crippen molar-refractivity contribution in [3.8, 4) is 5.75 Å². The molecule has 2 N–H and O–H groups in total. The lowest BCUT2D eigenvalue weighted by Gasteiger charge is -2.37. The average molecular weight is 334 g/mol. The molecule has 1 fully saturated rings. The molecular weight excluding hydrogens is 304 g/mol. The SMILES string of the molecule is CCNC(=NCC(C)CO)N1CCN(c2ccc(OC)cc2)CC1. The number of aliphatic imine (C=N–C) groups is 1. The molecule has 1 unspecified atom stereocenters. The second-order valence-electron chi connectivity index (χ2n) is 6.15. The van der Waals surface area contributed by atoms with Crippen LogP contribution in [0.3, 0.4) is 0 Å². The van der Waals surface area contributed by atoms with Gasteiger partial charge >= 0.3 is 0 Å². The van der Waals surface area contributed by atoms with E-state index in [1.807, 2.05) is 19.1 Å². The van der Waals surface area contributed by atoms with Crippen molar-refractivity contribution < 1.29 is 9.84 Å². The monoisotopic (exact) mass is 334 g/mol. The molecule has 6 nitrogen and oxygen atoms in total. The molecule has 0 saturated carbocycles. The maximum Gasteiger partial charge on any atom is 0.194 e. The van der Waals surface area contributed by atoms with Crippen LogP contribution in [0.2, 0.25) is 0 Å². The standard InChI is InChI=1S/C18H30N4O2/c1-4-19-18(20-13-15(2)14-23)22-11-9-21(10-12-22)16-5-7-17(24-3)8-6-16/h5-8,15,23H,4,9-14H2,1-3H3,(H,19,20). The van der Waals surface area contributed by atoms with Gasteiger partial charge in [0.25, 0.3) is 0 Å². The van der Waals surface area contributed by atoms with E-state index in [0.717, 1.165) is 44.4 Å². The molecule has 0 amide bonds. The summed E-state index contributed by atoms with van der Waals surface area (Å²) >= 11 is 0. The summed E-state index contributed by atoms with van der Waals surface area (Å²) in [6.45, 7) is 9.57. The zero-order chi connectivity index (χ0) is 17.4. The highest BCUT2D eigenvalue weighted by atomic mass is 16.5. The minimum atomic E-state index is 0.175. The van der Waals surface area contributed by atoms with Crippen LogP contribution >= 0.6 is 0 Å². The Kier molecular flexibility index (Phi) is 7.18. The second kappa shape index (κ2) is 9.37. The molecule has 0 aromatic heterocycles. The number of rotatable bonds is 6. The Hall–Kier alpha value is -1.95. The van der Waals surface area contributed by atoms with Gasteiger partial charge in [-0.3, -0.25) is 4.99 Å². The largest absolute Gasteiger partial charge is 0.497 e. The van der Waals surface area contributed by atoms with Crippen molar-refractivity contribution >= 4 is 11.6 Å². The first-order chi connectivity index (χ1) is 11.7. The van der Waals surface area contributed by atoms with Gasteiger partial charge in [0.2, 0.25) is 0 Å². The van der Waals surface area contributed by atoms with Gasteiger partial charge in [-0.05, 0) is 37.1 Å². The van der Waals surface area contributed by atoms with E-state index in [0.29, 0.717) is 6.54 Å². The highest BCUT2D eigenvalue weighted by molar-refractivity contribution is 5.80. The number of aliphatic hydroxyl groups excluding tert-OH is 1. The van der Waals surface area contributed by atoms with Gasteiger partial charge in [0.05, 0.1) is 7.11 Å². The molecule has 1 aromatic carbocycles. The van der Waals surface area contributed by atoms with Crippen molar-refractivity contribution in [3.05, 3.63) is 24.3 Å². The number of methoxy groups -OCH3 is 1. The Balaban J connectivity index is 1.93. The Bertz CT molecular complexity index is 510. The van der Waals surface area contributed by atoms with Crippen LogP contribution in [0, 0.1) is 5.92 Å². The summed E-state index contributed by atoms with van der Waals surface area (Å²) < 4.78 is 5.22. The van der Waals surface area contributed by atoms with Crippen molar-refractivity contribution in [2.24, 2.45) is 10.9 Å². The Morgan fingerprint density at radius 3 is 2.46 bits per heavy atom. The van der Waals surface area contributed by atoms with E-state index in [1.54, 1.807) is 7.11 Å². The van der Waals surface area contributed by atoms with E-state index < -0.39 is 0 Å². The summed E-state index contributed by atoms with van der Waals surface area (Å²) in [4.78, 5) is 9.35. The van der Waals surface area contributed by atoms with Crippen LogP contribution in [0.15, 0.2) is 29.3 Å². The number of nitrogens with one attached hydrogen (secondary N) is 1. The van der Waals surface area contributed by atoms with E-state index >= 15 is 0 Å². The second-order valence-corrected chi connectivity index (χ2v) is 6.15. The Morgan fingerprint density at radius 2 is 1.92 bits per heavy atom. The third-order valence-corrected chi connectivity index (χ3v) is 4.22. The number of piperazine rings is 1. The molecule has 6 heteroatoms. The highest BCUT2D eigenvalue weighted by Gasteiger charge is 2.20. The summed E-state index contributed by atoms with van der Waals surface area (Å²) in [5, 5.41) is 12.5. The maximum atomic E-state index is 9.17. The smallest absolute Gasteiger partial charge is 0.194 e. The zero-order valence-electron chi connectivity index (χ0n) is 15.0. The summed E-state index contributed by atoms with van der Waals surface area (Å²) in [6.07, 6.45) is 0. The van der Waals surface area contributed by atoms with Crippen molar-refractivity contribution in [2.75, 3.05) is 57.9 Å².